The van der Waals surface area contributed by atoms with E-state index in [0.717, 1.165) is 41.0 Å². The highest BCUT2D eigenvalue weighted by Gasteiger charge is 2.24. The van der Waals surface area contributed by atoms with Crippen molar-refractivity contribution >= 4 is 29.6 Å². The van der Waals surface area contributed by atoms with Crippen LogP contribution >= 0.6 is 23.5 Å². The normalized spacial score (nSPS) is 14.5. The highest BCUT2D eigenvalue weighted by molar-refractivity contribution is 7.99. The second-order valence-corrected chi connectivity index (χ2v) is 9.71. The summed E-state index contributed by atoms with van der Waals surface area (Å²) in [6.45, 7) is 1.42. The van der Waals surface area contributed by atoms with Crippen molar-refractivity contribution in [1.82, 2.24) is 30.1 Å². The van der Waals surface area contributed by atoms with Gasteiger partial charge in [-0.1, -0.05) is 30.0 Å². The van der Waals surface area contributed by atoms with Crippen molar-refractivity contribution in [3.05, 3.63) is 54.2 Å². The molecule has 0 atom stereocenters. The van der Waals surface area contributed by atoms with E-state index < -0.39 is 0 Å². The van der Waals surface area contributed by atoms with Crippen molar-refractivity contribution in [2.45, 2.75) is 29.4 Å². The Bertz CT molecular complexity index is 991. The van der Waals surface area contributed by atoms with Crippen LogP contribution in [0.5, 0.6) is 5.75 Å². The van der Waals surface area contributed by atoms with Crippen LogP contribution in [0.15, 0.2) is 58.8 Å². The number of hydrogen-bond donors (Lipinski definition) is 0. The fourth-order valence-corrected chi connectivity index (χ4v) is 5.31. The topological polar surface area (TPSA) is 86.0 Å². The predicted molar refractivity (Wildman–Crippen MR) is 125 cm³/mol. The average molecular weight is 471 g/mol. The third-order valence-corrected chi connectivity index (χ3v) is 7.50. The van der Waals surface area contributed by atoms with Gasteiger partial charge in [0.2, 0.25) is 5.16 Å². The van der Waals surface area contributed by atoms with Crippen molar-refractivity contribution in [2.24, 2.45) is 13.0 Å². The molecule has 8 nitrogen and oxygen atoms in total. The maximum absolute atomic E-state index is 12.5. The molecule has 32 heavy (non-hydrogen) atoms. The molecule has 0 N–H and O–H groups in total. The molecule has 0 unspecified atom stereocenters. The molecule has 1 aliphatic rings. The highest BCUT2D eigenvalue weighted by atomic mass is 32.2. The maximum Gasteiger partial charge on any atom is 0.415 e. The summed E-state index contributed by atoms with van der Waals surface area (Å²) < 4.78 is 7.27. The Balaban J connectivity index is 1.17. The summed E-state index contributed by atoms with van der Waals surface area (Å²) in [7, 11) is 1.84. The smallest absolute Gasteiger partial charge is 0.410 e. The number of aromatic nitrogens is 5. The molecule has 0 aliphatic carbocycles. The van der Waals surface area contributed by atoms with Gasteiger partial charge in [0.1, 0.15) is 5.75 Å². The van der Waals surface area contributed by atoms with Crippen molar-refractivity contribution in [1.29, 1.82) is 0 Å². The van der Waals surface area contributed by atoms with E-state index in [1.165, 1.54) is 5.56 Å². The molecule has 0 radical (unpaired) electrons. The van der Waals surface area contributed by atoms with E-state index in [4.69, 9.17) is 4.74 Å². The molecule has 3 heterocycles. The number of piperidine rings is 1. The molecule has 10 heteroatoms. The van der Waals surface area contributed by atoms with E-state index >= 15 is 0 Å². The number of aryl methyl sites for hydroxylation is 2. The van der Waals surface area contributed by atoms with E-state index in [1.807, 2.05) is 55.7 Å². The Kier molecular flexibility index (Phi) is 8.00. The minimum atomic E-state index is -0.271. The summed E-state index contributed by atoms with van der Waals surface area (Å²) in [6.07, 6.45) is 4.39. The van der Waals surface area contributed by atoms with E-state index in [0.29, 0.717) is 24.8 Å². The van der Waals surface area contributed by atoms with Crippen LogP contribution < -0.4 is 4.74 Å². The van der Waals surface area contributed by atoms with Gasteiger partial charge in [0.15, 0.2) is 0 Å². The third-order valence-electron chi connectivity index (χ3n) is 5.31. The summed E-state index contributed by atoms with van der Waals surface area (Å²) >= 11 is 3.40. The van der Waals surface area contributed by atoms with Gasteiger partial charge in [-0.3, -0.25) is 0 Å². The number of carbonyl (C=O) groups excluding carboxylic acids is 1. The van der Waals surface area contributed by atoms with Gasteiger partial charge in [-0.05, 0) is 65.4 Å². The van der Waals surface area contributed by atoms with Crippen molar-refractivity contribution in [3.8, 4) is 5.75 Å². The van der Waals surface area contributed by atoms with Gasteiger partial charge in [-0.15, -0.1) is 16.9 Å². The number of thioether (sulfide) groups is 2. The molecule has 0 saturated carbocycles. The average Bonchev–Trinajstić information content (AvgIpc) is 3.24. The summed E-state index contributed by atoms with van der Waals surface area (Å²) in [5.74, 6) is 3.04. The molecule has 2 aromatic heterocycles. The highest BCUT2D eigenvalue weighted by Crippen LogP contribution is 2.25. The van der Waals surface area contributed by atoms with Crippen LogP contribution in [0.3, 0.4) is 0 Å². The maximum atomic E-state index is 12.5. The van der Waals surface area contributed by atoms with Crippen LogP contribution in [0.25, 0.3) is 0 Å². The van der Waals surface area contributed by atoms with Crippen LogP contribution in [0.1, 0.15) is 18.4 Å². The first-order valence-corrected chi connectivity index (χ1v) is 12.6. The monoisotopic (exact) mass is 470 g/mol. The summed E-state index contributed by atoms with van der Waals surface area (Å²) in [5, 5.41) is 13.4. The molecule has 1 fully saturated rings. The molecule has 0 bridgehead atoms. The number of pyridine rings is 1. The summed E-state index contributed by atoms with van der Waals surface area (Å²) in [4.78, 5) is 18.7. The van der Waals surface area contributed by atoms with Crippen molar-refractivity contribution in [3.63, 3.8) is 0 Å². The Morgan fingerprint density at radius 2 is 1.94 bits per heavy atom. The Morgan fingerprint density at radius 3 is 2.62 bits per heavy atom. The lowest BCUT2D eigenvalue weighted by atomic mass is 9.99. The van der Waals surface area contributed by atoms with Gasteiger partial charge < -0.3 is 9.64 Å². The Morgan fingerprint density at radius 1 is 1.12 bits per heavy atom. The minimum Gasteiger partial charge on any atom is -0.410 e. The van der Waals surface area contributed by atoms with Gasteiger partial charge in [0, 0.05) is 37.8 Å². The van der Waals surface area contributed by atoms with E-state index in [9.17, 15) is 4.79 Å². The number of tetrazole rings is 1. The molecule has 0 spiro atoms. The zero-order valence-electron chi connectivity index (χ0n) is 18.0. The van der Waals surface area contributed by atoms with E-state index in [-0.39, 0.29) is 6.09 Å². The first-order valence-electron chi connectivity index (χ1n) is 10.6. The molecule has 1 saturated heterocycles. The number of hydrogen-bond acceptors (Lipinski definition) is 8. The van der Waals surface area contributed by atoms with Gasteiger partial charge in [-0.2, -0.15) is 0 Å². The number of likely N-dealkylation sites (tertiary alicyclic amines) is 1. The number of rotatable bonds is 8. The molecule has 1 aromatic carbocycles. The van der Waals surface area contributed by atoms with Crippen LogP contribution in [0.4, 0.5) is 4.79 Å². The van der Waals surface area contributed by atoms with Gasteiger partial charge in [0.05, 0.1) is 5.03 Å². The van der Waals surface area contributed by atoms with Crippen LogP contribution in [0, 0.1) is 5.92 Å². The zero-order valence-corrected chi connectivity index (χ0v) is 19.6. The summed E-state index contributed by atoms with van der Waals surface area (Å²) in [6, 6.07) is 13.7. The minimum absolute atomic E-state index is 0.271. The fourth-order valence-electron chi connectivity index (χ4n) is 3.41. The van der Waals surface area contributed by atoms with Crippen molar-refractivity contribution < 1.29 is 9.53 Å². The molecule has 3 aromatic rings. The number of carbonyl (C=O) groups is 1. The molecule has 1 aliphatic heterocycles. The third kappa shape index (κ3) is 6.46. The summed E-state index contributed by atoms with van der Waals surface area (Å²) in [5.41, 5.74) is 1.21. The lowest BCUT2D eigenvalue weighted by molar-refractivity contribution is 0.134. The molecular formula is C22H26N6O2S2. The molecular weight excluding hydrogens is 444 g/mol. The number of amides is 1. The first kappa shape index (κ1) is 22.6. The lowest BCUT2D eigenvalue weighted by Gasteiger charge is -2.30. The SMILES string of the molecule is Cn1nnnc1SCC1CCN(C(=O)Oc2ccc(CCSc3ccccn3)cc2)CC1. The Labute approximate surface area is 196 Å². The fraction of sp³-hybridized carbons (Fsp3) is 0.409. The second kappa shape index (κ2) is 11.3. The molecule has 168 valence electrons. The largest absolute Gasteiger partial charge is 0.415 e. The Hall–Kier alpha value is -2.59. The number of nitrogens with zero attached hydrogens (tertiary/aromatic N) is 6. The van der Waals surface area contributed by atoms with Crippen LogP contribution in [-0.4, -0.2) is 60.8 Å². The lowest BCUT2D eigenvalue weighted by Crippen LogP contribution is -2.40. The van der Waals surface area contributed by atoms with Crippen molar-refractivity contribution in [2.75, 3.05) is 24.6 Å². The quantitative estimate of drug-likeness (QED) is 0.458. The molecule has 1 amide bonds. The molecule has 4 rings (SSSR count). The first-order chi connectivity index (χ1) is 15.7. The predicted octanol–water partition coefficient (Wildman–Crippen LogP) is 3.94. The second-order valence-electron chi connectivity index (χ2n) is 7.60. The van der Waals surface area contributed by atoms with Crippen LogP contribution in [0.2, 0.25) is 0 Å². The van der Waals surface area contributed by atoms with E-state index in [2.05, 4.69) is 20.5 Å². The van der Waals surface area contributed by atoms with Gasteiger partial charge >= 0.3 is 6.09 Å². The van der Waals surface area contributed by atoms with Gasteiger partial charge in [0.25, 0.3) is 0 Å². The van der Waals surface area contributed by atoms with Gasteiger partial charge in [-0.25, -0.2) is 14.5 Å². The zero-order chi connectivity index (χ0) is 22.2. The number of benzene rings is 1. The van der Waals surface area contributed by atoms with E-state index in [1.54, 1.807) is 33.1 Å². The van der Waals surface area contributed by atoms with Crippen LogP contribution in [-0.2, 0) is 13.5 Å². The number of ether oxygens (including phenoxy) is 1. The standard InChI is InChI=1S/C22H26N6O2S2/c1-27-21(24-25-26-27)32-16-18-9-13-28(14-10-18)22(29)30-19-7-5-17(6-8-19)11-15-31-20-4-2-3-12-23-20/h2-8,12,18H,9-11,13-16H2,1H3.